The van der Waals surface area contributed by atoms with Crippen LogP contribution in [0.4, 0.5) is 10.6 Å². The number of nitrogens with two attached hydrogens (primary N) is 1. The molecular formula is C10H12N4O4. The van der Waals surface area contributed by atoms with Crippen LogP contribution in [-0.2, 0) is 4.79 Å². The van der Waals surface area contributed by atoms with Crippen molar-refractivity contribution in [1.29, 1.82) is 0 Å². The molecule has 0 bridgehead atoms. The van der Waals surface area contributed by atoms with Crippen molar-refractivity contribution >= 4 is 23.7 Å². The van der Waals surface area contributed by atoms with Gasteiger partial charge in [0.05, 0.1) is 0 Å². The highest BCUT2D eigenvalue weighted by molar-refractivity contribution is 6.01. The minimum atomic E-state index is -1.21. The summed E-state index contributed by atoms with van der Waals surface area (Å²) >= 11 is 0. The summed E-state index contributed by atoms with van der Waals surface area (Å²) in [6, 6.07) is 0.990. The molecule has 0 saturated carbocycles. The van der Waals surface area contributed by atoms with Gasteiger partial charge in [0.25, 0.3) is 0 Å². The number of nitrogens with one attached hydrogen (secondary N) is 2. The van der Waals surface area contributed by atoms with Crippen LogP contribution in [0.2, 0.25) is 0 Å². The van der Waals surface area contributed by atoms with E-state index < -0.39 is 23.9 Å². The van der Waals surface area contributed by atoms with Gasteiger partial charge in [0, 0.05) is 6.20 Å². The summed E-state index contributed by atoms with van der Waals surface area (Å²) in [5, 5.41) is 13.3. The maximum Gasteiger partial charge on any atom is 0.339 e. The van der Waals surface area contributed by atoms with Crippen molar-refractivity contribution in [3.63, 3.8) is 0 Å². The number of carboxylic acids is 1. The van der Waals surface area contributed by atoms with Gasteiger partial charge in [0.2, 0.25) is 5.91 Å². The van der Waals surface area contributed by atoms with Crippen LogP contribution < -0.4 is 16.4 Å². The predicted octanol–water partition coefficient (Wildman–Crippen LogP) is -0.225. The van der Waals surface area contributed by atoms with E-state index in [0.717, 1.165) is 0 Å². The number of rotatable bonds is 4. The molecule has 0 fully saturated rings. The number of pyridine rings is 1. The minimum Gasteiger partial charge on any atom is -0.478 e. The van der Waals surface area contributed by atoms with Crippen LogP contribution in [0.5, 0.6) is 0 Å². The van der Waals surface area contributed by atoms with Gasteiger partial charge in [-0.25, -0.2) is 14.6 Å². The monoisotopic (exact) mass is 252 g/mol. The Morgan fingerprint density at radius 1 is 1.44 bits per heavy atom. The van der Waals surface area contributed by atoms with Crippen molar-refractivity contribution in [3.8, 4) is 0 Å². The maximum absolute atomic E-state index is 11.6. The number of hydrogen-bond donors (Lipinski definition) is 4. The van der Waals surface area contributed by atoms with Crippen LogP contribution in [0.25, 0.3) is 0 Å². The van der Waals surface area contributed by atoms with Crippen molar-refractivity contribution in [2.24, 2.45) is 5.73 Å². The Morgan fingerprint density at radius 2 is 2.11 bits per heavy atom. The maximum atomic E-state index is 11.6. The molecular weight excluding hydrogens is 240 g/mol. The van der Waals surface area contributed by atoms with Crippen LogP contribution in [0.1, 0.15) is 17.3 Å². The topological polar surface area (TPSA) is 134 Å². The molecule has 8 nitrogen and oxygen atoms in total. The summed E-state index contributed by atoms with van der Waals surface area (Å²) in [5.74, 6) is -1.92. The fourth-order valence-corrected chi connectivity index (χ4v) is 1.18. The van der Waals surface area contributed by atoms with Gasteiger partial charge in [0.1, 0.15) is 17.4 Å². The number of anilines is 1. The predicted molar refractivity (Wildman–Crippen MR) is 62.0 cm³/mol. The summed E-state index contributed by atoms with van der Waals surface area (Å²) in [4.78, 5) is 36.8. The molecule has 0 aliphatic carbocycles. The molecule has 1 heterocycles. The molecule has 1 unspecified atom stereocenters. The second-order valence-corrected chi connectivity index (χ2v) is 3.42. The Balaban J connectivity index is 2.82. The van der Waals surface area contributed by atoms with E-state index in [0.29, 0.717) is 0 Å². The van der Waals surface area contributed by atoms with E-state index in [-0.39, 0.29) is 11.4 Å². The zero-order valence-electron chi connectivity index (χ0n) is 9.51. The van der Waals surface area contributed by atoms with Crippen molar-refractivity contribution in [3.05, 3.63) is 23.9 Å². The normalized spacial score (nSPS) is 11.4. The number of hydrogen-bond acceptors (Lipinski definition) is 4. The van der Waals surface area contributed by atoms with E-state index in [2.05, 4.69) is 15.6 Å². The van der Waals surface area contributed by atoms with E-state index in [9.17, 15) is 14.4 Å². The van der Waals surface area contributed by atoms with Crippen LogP contribution in [0.15, 0.2) is 18.3 Å². The molecule has 96 valence electrons. The lowest BCUT2D eigenvalue weighted by Gasteiger charge is -2.12. The SMILES string of the molecule is CC(NC(N)=O)C(=O)Nc1ncccc1C(=O)O. The molecule has 5 N–H and O–H groups in total. The quantitative estimate of drug-likeness (QED) is 0.587. The molecule has 0 aliphatic rings. The minimum absolute atomic E-state index is 0.0897. The molecule has 3 amide bonds. The first-order valence-corrected chi connectivity index (χ1v) is 4.97. The first-order chi connectivity index (χ1) is 8.41. The number of urea groups is 1. The van der Waals surface area contributed by atoms with Crippen molar-refractivity contribution in [2.45, 2.75) is 13.0 Å². The third-order valence-electron chi connectivity index (χ3n) is 2.03. The van der Waals surface area contributed by atoms with E-state index >= 15 is 0 Å². The van der Waals surface area contributed by atoms with E-state index in [1.54, 1.807) is 0 Å². The molecule has 1 rings (SSSR count). The second kappa shape index (κ2) is 5.62. The van der Waals surface area contributed by atoms with Gasteiger partial charge in [-0.1, -0.05) is 0 Å². The number of carboxylic acid groups (broad SMARTS) is 1. The second-order valence-electron chi connectivity index (χ2n) is 3.42. The standard InChI is InChI=1S/C10H12N4O4/c1-5(13-10(11)18)8(15)14-7-6(9(16)17)3-2-4-12-7/h2-5H,1H3,(H,16,17)(H3,11,13,18)(H,12,14,15). The third kappa shape index (κ3) is 3.44. The van der Waals surface area contributed by atoms with Crippen molar-refractivity contribution < 1.29 is 19.5 Å². The molecule has 0 aromatic carbocycles. The lowest BCUT2D eigenvalue weighted by atomic mass is 10.2. The van der Waals surface area contributed by atoms with Gasteiger partial charge >= 0.3 is 12.0 Å². The Hall–Kier alpha value is -2.64. The van der Waals surface area contributed by atoms with E-state index in [1.807, 2.05) is 0 Å². The highest BCUT2D eigenvalue weighted by Crippen LogP contribution is 2.11. The zero-order chi connectivity index (χ0) is 13.7. The Labute approximate surface area is 102 Å². The zero-order valence-corrected chi connectivity index (χ0v) is 9.51. The fraction of sp³-hybridized carbons (Fsp3) is 0.200. The molecule has 18 heavy (non-hydrogen) atoms. The smallest absolute Gasteiger partial charge is 0.339 e. The molecule has 0 radical (unpaired) electrons. The summed E-state index contributed by atoms with van der Waals surface area (Å²) in [6.07, 6.45) is 1.34. The Bertz CT molecular complexity index is 489. The highest BCUT2D eigenvalue weighted by Gasteiger charge is 2.18. The van der Waals surface area contributed by atoms with Crippen LogP contribution in [-0.4, -0.2) is 34.0 Å². The highest BCUT2D eigenvalue weighted by atomic mass is 16.4. The van der Waals surface area contributed by atoms with Crippen molar-refractivity contribution in [1.82, 2.24) is 10.3 Å². The average molecular weight is 252 g/mol. The number of amides is 3. The summed E-state index contributed by atoms with van der Waals surface area (Å²) < 4.78 is 0. The Morgan fingerprint density at radius 3 is 2.67 bits per heavy atom. The van der Waals surface area contributed by atoms with Crippen LogP contribution in [0.3, 0.4) is 0 Å². The molecule has 1 aromatic heterocycles. The third-order valence-corrected chi connectivity index (χ3v) is 2.03. The first-order valence-electron chi connectivity index (χ1n) is 4.97. The molecule has 0 aliphatic heterocycles. The lowest BCUT2D eigenvalue weighted by Crippen LogP contribution is -2.44. The number of aromatic nitrogens is 1. The molecule has 0 spiro atoms. The van der Waals surface area contributed by atoms with Gasteiger partial charge < -0.3 is 21.5 Å². The molecule has 0 saturated heterocycles. The number of carbonyl (C=O) groups excluding carboxylic acids is 2. The lowest BCUT2D eigenvalue weighted by molar-refractivity contribution is -0.117. The van der Waals surface area contributed by atoms with E-state index in [1.165, 1.54) is 25.3 Å². The van der Waals surface area contributed by atoms with Crippen molar-refractivity contribution in [2.75, 3.05) is 5.32 Å². The number of nitrogens with zero attached hydrogens (tertiary/aromatic N) is 1. The van der Waals surface area contributed by atoms with Gasteiger partial charge in [-0.3, -0.25) is 4.79 Å². The average Bonchev–Trinajstić information content (AvgIpc) is 2.28. The summed E-state index contributed by atoms with van der Waals surface area (Å²) in [7, 11) is 0. The van der Waals surface area contributed by atoms with Crippen LogP contribution >= 0.6 is 0 Å². The van der Waals surface area contributed by atoms with Crippen LogP contribution in [0, 0.1) is 0 Å². The first kappa shape index (κ1) is 13.4. The number of primary amides is 1. The van der Waals surface area contributed by atoms with Gasteiger partial charge in [0.15, 0.2) is 0 Å². The fourth-order valence-electron chi connectivity index (χ4n) is 1.18. The van der Waals surface area contributed by atoms with Gasteiger partial charge in [-0.15, -0.1) is 0 Å². The van der Waals surface area contributed by atoms with Gasteiger partial charge in [-0.2, -0.15) is 0 Å². The summed E-state index contributed by atoms with van der Waals surface area (Å²) in [6.45, 7) is 1.41. The summed E-state index contributed by atoms with van der Waals surface area (Å²) in [5.41, 5.74) is 4.72. The molecule has 1 aromatic rings. The molecule has 1 atom stereocenters. The van der Waals surface area contributed by atoms with E-state index in [4.69, 9.17) is 10.8 Å². The van der Waals surface area contributed by atoms with Gasteiger partial charge in [-0.05, 0) is 19.1 Å². The molecule has 8 heteroatoms. The number of aromatic carboxylic acids is 1. The number of carbonyl (C=O) groups is 3. The Kier molecular flexibility index (Phi) is 4.19. The largest absolute Gasteiger partial charge is 0.478 e.